The van der Waals surface area contributed by atoms with Crippen molar-refractivity contribution >= 4 is 45.4 Å². The van der Waals surface area contributed by atoms with Crippen molar-refractivity contribution in [3.8, 4) is 5.75 Å². The molecule has 0 aliphatic carbocycles. The average Bonchev–Trinajstić information content (AvgIpc) is 3.48. The van der Waals surface area contributed by atoms with E-state index in [4.69, 9.17) is 4.74 Å². The SMILES string of the molecule is CC(=O)c1sc(N2C(=O)C(=O)/C(=C(/O)c3ccc(OCc4cccc(C)c4)cc3)C2c2ccc(N(C)C)cc2)nc1C. The van der Waals surface area contributed by atoms with Crippen molar-refractivity contribution in [2.45, 2.75) is 33.4 Å². The summed E-state index contributed by atoms with van der Waals surface area (Å²) in [5, 5.41) is 11.7. The number of nitrogens with zero attached hydrogens (tertiary/aromatic N) is 3. The molecule has 1 aliphatic rings. The van der Waals surface area contributed by atoms with Gasteiger partial charge in [0.1, 0.15) is 18.1 Å². The number of anilines is 2. The molecule has 1 fully saturated rings. The zero-order chi connectivity index (χ0) is 30.1. The smallest absolute Gasteiger partial charge is 0.301 e. The summed E-state index contributed by atoms with van der Waals surface area (Å²) < 4.78 is 5.91. The van der Waals surface area contributed by atoms with Gasteiger partial charge in [0.05, 0.1) is 22.2 Å². The van der Waals surface area contributed by atoms with Gasteiger partial charge in [0.2, 0.25) is 0 Å². The van der Waals surface area contributed by atoms with Crippen LogP contribution in [0.4, 0.5) is 10.8 Å². The number of aliphatic hydroxyl groups is 1. The number of benzene rings is 3. The summed E-state index contributed by atoms with van der Waals surface area (Å²) in [7, 11) is 3.83. The van der Waals surface area contributed by atoms with Crippen molar-refractivity contribution in [1.82, 2.24) is 4.98 Å². The second-order valence-corrected chi connectivity index (χ2v) is 11.4. The average molecular weight is 582 g/mol. The molecule has 1 amide bonds. The zero-order valence-electron chi connectivity index (χ0n) is 24.0. The fraction of sp³-hybridized carbons (Fsp3) is 0.212. The van der Waals surface area contributed by atoms with Crippen LogP contribution >= 0.6 is 11.3 Å². The van der Waals surface area contributed by atoms with Crippen LogP contribution in [0.2, 0.25) is 0 Å². The molecular formula is C33H31N3O5S. The van der Waals surface area contributed by atoms with Gasteiger partial charge in [0.25, 0.3) is 5.78 Å². The second-order valence-electron chi connectivity index (χ2n) is 10.4. The van der Waals surface area contributed by atoms with Crippen molar-refractivity contribution in [3.63, 3.8) is 0 Å². The molecule has 5 rings (SSSR count). The van der Waals surface area contributed by atoms with E-state index in [1.165, 1.54) is 11.8 Å². The number of hydrogen-bond donors (Lipinski definition) is 1. The van der Waals surface area contributed by atoms with Gasteiger partial charge in [-0.25, -0.2) is 4.98 Å². The molecule has 4 aromatic rings. The minimum absolute atomic E-state index is 0.0525. The Labute approximate surface area is 248 Å². The van der Waals surface area contributed by atoms with Gasteiger partial charge in [-0.3, -0.25) is 19.3 Å². The van der Waals surface area contributed by atoms with Gasteiger partial charge in [-0.2, -0.15) is 0 Å². The Hall–Kier alpha value is -4.76. The third kappa shape index (κ3) is 5.56. The first kappa shape index (κ1) is 28.8. The summed E-state index contributed by atoms with van der Waals surface area (Å²) in [4.78, 5) is 47.2. The monoisotopic (exact) mass is 581 g/mol. The molecule has 2 heterocycles. The van der Waals surface area contributed by atoms with Crippen LogP contribution in [0.25, 0.3) is 5.76 Å². The van der Waals surface area contributed by atoms with Crippen molar-refractivity contribution in [2.24, 2.45) is 0 Å². The Balaban J connectivity index is 1.54. The lowest BCUT2D eigenvalue weighted by molar-refractivity contribution is -0.132. The van der Waals surface area contributed by atoms with Crippen LogP contribution in [0.15, 0.2) is 78.4 Å². The molecule has 3 aromatic carbocycles. The number of thiazole rings is 1. The first-order chi connectivity index (χ1) is 20.0. The van der Waals surface area contributed by atoms with Crippen molar-refractivity contribution in [2.75, 3.05) is 23.9 Å². The molecule has 42 heavy (non-hydrogen) atoms. The van der Waals surface area contributed by atoms with Crippen molar-refractivity contribution in [3.05, 3.63) is 111 Å². The van der Waals surface area contributed by atoms with Gasteiger partial charge >= 0.3 is 5.91 Å². The number of aryl methyl sites for hydroxylation is 2. The van der Waals surface area contributed by atoms with Crippen LogP contribution < -0.4 is 14.5 Å². The van der Waals surface area contributed by atoms with E-state index in [0.29, 0.717) is 34.1 Å². The number of aliphatic hydroxyl groups excluding tert-OH is 1. The number of carbonyl (C=O) groups is 3. The molecule has 0 bridgehead atoms. The molecule has 214 valence electrons. The topological polar surface area (TPSA) is 100 Å². The Kier molecular flexibility index (Phi) is 7.95. The fourth-order valence-corrected chi connectivity index (χ4v) is 5.93. The molecule has 1 saturated heterocycles. The summed E-state index contributed by atoms with van der Waals surface area (Å²) in [6.45, 7) is 5.53. The zero-order valence-corrected chi connectivity index (χ0v) is 24.9. The summed E-state index contributed by atoms with van der Waals surface area (Å²) in [6.07, 6.45) is 0. The number of ether oxygens (including phenoxy) is 1. The minimum Gasteiger partial charge on any atom is -0.507 e. The highest BCUT2D eigenvalue weighted by atomic mass is 32.1. The summed E-state index contributed by atoms with van der Waals surface area (Å²) in [5.74, 6) is -1.53. The van der Waals surface area contributed by atoms with E-state index in [1.54, 1.807) is 31.2 Å². The molecule has 1 unspecified atom stereocenters. The second kappa shape index (κ2) is 11.6. The summed E-state index contributed by atoms with van der Waals surface area (Å²) in [6, 6.07) is 21.2. The predicted molar refractivity (Wildman–Crippen MR) is 164 cm³/mol. The normalized spacial score (nSPS) is 16.1. The Morgan fingerprint density at radius 2 is 1.71 bits per heavy atom. The number of rotatable bonds is 8. The molecular weight excluding hydrogens is 550 g/mol. The van der Waals surface area contributed by atoms with E-state index in [9.17, 15) is 19.5 Å². The minimum atomic E-state index is -0.941. The number of amides is 1. The van der Waals surface area contributed by atoms with Crippen molar-refractivity contribution < 1.29 is 24.2 Å². The Morgan fingerprint density at radius 3 is 2.31 bits per heavy atom. The third-order valence-corrected chi connectivity index (χ3v) is 8.35. The van der Waals surface area contributed by atoms with Gasteiger partial charge in [-0.1, -0.05) is 53.3 Å². The summed E-state index contributed by atoms with van der Waals surface area (Å²) >= 11 is 1.06. The van der Waals surface area contributed by atoms with Crippen LogP contribution in [-0.2, 0) is 16.2 Å². The van der Waals surface area contributed by atoms with Crippen LogP contribution in [0, 0.1) is 13.8 Å². The molecule has 8 nitrogen and oxygen atoms in total. The largest absolute Gasteiger partial charge is 0.507 e. The van der Waals surface area contributed by atoms with Crippen LogP contribution in [0.1, 0.15) is 50.6 Å². The third-order valence-electron chi connectivity index (χ3n) is 7.10. The lowest BCUT2D eigenvalue weighted by Crippen LogP contribution is -2.29. The van der Waals surface area contributed by atoms with Gasteiger partial charge in [-0.05, 0) is 61.4 Å². The van der Waals surface area contributed by atoms with Gasteiger partial charge in [0, 0.05) is 32.3 Å². The molecule has 1 aliphatic heterocycles. The molecule has 0 radical (unpaired) electrons. The van der Waals surface area contributed by atoms with Gasteiger partial charge < -0.3 is 14.7 Å². The number of aromatic nitrogens is 1. The van der Waals surface area contributed by atoms with Gasteiger partial charge in [0.15, 0.2) is 10.9 Å². The maximum atomic E-state index is 13.5. The number of Topliss-reactive ketones (excluding diaryl/α,β-unsaturated/α-hetero) is 2. The van der Waals surface area contributed by atoms with E-state index < -0.39 is 17.7 Å². The predicted octanol–water partition coefficient (Wildman–Crippen LogP) is 6.23. The molecule has 1 N–H and O–H groups in total. The quantitative estimate of drug-likeness (QED) is 0.114. The number of carbonyl (C=O) groups excluding carboxylic acids is 3. The molecule has 0 saturated carbocycles. The van der Waals surface area contributed by atoms with E-state index in [0.717, 1.165) is 28.2 Å². The maximum Gasteiger partial charge on any atom is 0.301 e. The molecule has 0 spiro atoms. The first-order valence-corrected chi connectivity index (χ1v) is 14.2. The van der Waals surface area contributed by atoms with Crippen LogP contribution in [-0.4, -0.2) is 41.7 Å². The highest BCUT2D eigenvalue weighted by Crippen LogP contribution is 2.44. The van der Waals surface area contributed by atoms with Crippen molar-refractivity contribution in [1.29, 1.82) is 0 Å². The van der Waals surface area contributed by atoms with E-state index in [2.05, 4.69) is 4.98 Å². The van der Waals surface area contributed by atoms with Crippen LogP contribution in [0.3, 0.4) is 0 Å². The lowest BCUT2D eigenvalue weighted by atomic mass is 9.95. The molecule has 1 aromatic heterocycles. The fourth-order valence-electron chi connectivity index (χ4n) is 4.94. The maximum absolute atomic E-state index is 13.5. The molecule has 9 heteroatoms. The standard InChI is InChI=1S/C33H31N3O5S/c1-19-7-6-8-22(17-19)18-41-26-15-11-24(12-16-26)29(38)27-28(23-9-13-25(14-10-23)35(4)5)36(32(40)30(27)39)33-34-20(2)31(42-33)21(3)37/h6-17,28,38H,18H2,1-5H3/b29-27+. The van der Waals surface area contributed by atoms with E-state index in [1.807, 2.05) is 74.4 Å². The highest BCUT2D eigenvalue weighted by Gasteiger charge is 2.48. The Bertz CT molecular complexity index is 1700. The lowest BCUT2D eigenvalue weighted by Gasteiger charge is -2.23. The Morgan fingerprint density at radius 1 is 1.02 bits per heavy atom. The van der Waals surface area contributed by atoms with E-state index >= 15 is 0 Å². The number of ketones is 2. The number of hydrogen-bond acceptors (Lipinski definition) is 8. The van der Waals surface area contributed by atoms with E-state index in [-0.39, 0.29) is 22.2 Å². The van der Waals surface area contributed by atoms with Gasteiger partial charge in [-0.15, -0.1) is 0 Å². The molecule has 1 atom stereocenters. The summed E-state index contributed by atoms with van der Waals surface area (Å²) in [5.41, 5.74) is 4.52. The van der Waals surface area contributed by atoms with Crippen LogP contribution in [0.5, 0.6) is 5.75 Å². The highest BCUT2D eigenvalue weighted by molar-refractivity contribution is 7.18. The first-order valence-electron chi connectivity index (χ1n) is 13.4.